The maximum atomic E-state index is 6.26. The summed E-state index contributed by atoms with van der Waals surface area (Å²) in [5, 5.41) is 4.68. The van der Waals surface area contributed by atoms with E-state index in [2.05, 4.69) is 17.4 Å². The molecule has 1 aromatic rings. The van der Waals surface area contributed by atoms with Crippen LogP contribution < -0.4 is 5.32 Å². The maximum Gasteiger partial charge on any atom is 0.0438 e. The molecule has 0 aromatic heterocycles. The molecule has 2 heteroatoms. The first-order valence-electron chi connectivity index (χ1n) is 6.29. The van der Waals surface area contributed by atoms with Crippen LogP contribution in [0.2, 0.25) is 5.02 Å². The van der Waals surface area contributed by atoms with E-state index in [9.17, 15) is 0 Å². The van der Waals surface area contributed by atoms with Gasteiger partial charge in [-0.3, -0.25) is 0 Å². The summed E-state index contributed by atoms with van der Waals surface area (Å²) in [7, 11) is 0. The van der Waals surface area contributed by atoms with Gasteiger partial charge in [-0.15, -0.1) is 0 Å². The second kappa shape index (κ2) is 4.05. The van der Waals surface area contributed by atoms with Crippen molar-refractivity contribution in [1.82, 2.24) is 5.32 Å². The van der Waals surface area contributed by atoms with E-state index in [1.807, 2.05) is 12.1 Å². The summed E-state index contributed by atoms with van der Waals surface area (Å²) in [6.07, 6.45) is 6.55. The highest BCUT2D eigenvalue weighted by atomic mass is 35.5. The van der Waals surface area contributed by atoms with Gasteiger partial charge in [0.15, 0.2) is 0 Å². The zero-order valence-electron chi connectivity index (χ0n) is 9.51. The number of benzene rings is 1. The Morgan fingerprint density at radius 1 is 1.31 bits per heavy atom. The highest BCUT2D eigenvalue weighted by molar-refractivity contribution is 6.31. The van der Waals surface area contributed by atoms with Gasteiger partial charge in [-0.1, -0.05) is 29.8 Å². The molecule has 0 radical (unpaired) electrons. The van der Waals surface area contributed by atoms with Gasteiger partial charge < -0.3 is 5.32 Å². The number of halogens is 1. The highest BCUT2D eigenvalue weighted by Crippen LogP contribution is 2.46. The fourth-order valence-corrected chi connectivity index (χ4v) is 3.29. The van der Waals surface area contributed by atoms with Crippen molar-refractivity contribution in [1.29, 1.82) is 0 Å². The maximum absolute atomic E-state index is 6.26. The average molecular weight is 236 g/mol. The van der Waals surface area contributed by atoms with Crippen molar-refractivity contribution in [3.63, 3.8) is 0 Å². The van der Waals surface area contributed by atoms with E-state index in [4.69, 9.17) is 11.6 Å². The van der Waals surface area contributed by atoms with E-state index in [0.29, 0.717) is 5.54 Å². The molecule has 0 bridgehead atoms. The van der Waals surface area contributed by atoms with Gasteiger partial charge in [0.05, 0.1) is 0 Å². The second-order valence-corrected chi connectivity index (χ2v) is 5.64. The van der Waals surface area contributed by atoms with Crippen LogP contribution in [-0.2, 0) is 6.42 Å². The van der Waals surface area contributed by atoms with E-state index in [0.717, 1.165) is 17.4 Å². The molecule has 1 unspecified atom stereocenters. The van der Waals surface area contributed by atoms with Crippen molar-refractivity contribution in [3.8, 4) is 0 Å². The zero-order valence-corrected chi connectivity index (χ0v) is 10.3. The molecule has 1 heterocycles. The van der Waals surface area contributed by atoms with E-state index < -0.39 is 0 Å². The summed E-state index contributed by atoms with van der Waals surface area (Å²) in [6.45, 7) is 1.18. The third-order valence-corrected chi connectivity index (χ3v) is 4.47. The van der Waals surface area contributed by atoms with Gasteiger partial charge in [-0.05, 0) is 56.2 Å². The van der Waals surface area contributed by atoms with Gasteiger partial charge in [-0.25, -0.2) is 0 Å². The lowest BCUT2D eigenvalue weighted by Gasteiger charge is -2.30. The van der Waals surface area contributed by atoms with Crippen molar-refractivity contribution < 1.29 is 0 Å². The molecule has 1 aliphatic carbocycles. The first-order valence-corrected chi connectivity index (χ1v) is 6.66. The van der Waals surface area contributed by atoms with Crippen LogP contribution in [0.1, 0.15) is 31.2 Å². The van der Waals surface area contributed by atoms with Gasteiger partial charge in [0.25, 0.3) is 0 Å². The third kappa shape index (κ3) is 1.87. The Morgan fingerprint density at radius 2 is 2.12 bits per heavy atom. The molecule has 1 atom stereocenters. The normalized spacial score (nSPS) is 29.6. The standard InChI is InChI=1S/C14H18ClN/c15-13-5-2-1-4-11(13)10-14(12-6-7-12)8-3-9-16-14/h1-2,4-5,12,16H,3,6-10H2. The molecule has 1 aromatic carbocycles. The lowest BCUT2D eigenvalue weighted by atomic mass is 9.84. The predicted octanol–water partition coefficient (Wildman–Crippen LogP) is 3.41. The summed E-state index contributed by atoms with van der Waals surface area (Å²) in [6, 6.07) is 8.29. The van der Waals surface area contributed by atoms with Crippen molar-refractivity contribution in [3.05, 3.63) is 34.9 Å². The fraction of sp³-hybridized carbons (Fsp3) is 0.571. The monoisotopic (exact) mass is 235 g/mol. The fourth-order valence-electron chi connectivity index (χ4n) is 3.09. The lowest BCUT2D eigenvalue weighted by Crippen LogP contribution is -2.44. The Labute approximate surface area is 102 Å². The molecule has 1 nitrogen and oxygen atoms in total. The molecule has 1 saturated heterocycles. The van der Waals surface area contributed by atoms with E-state index in [-0.39, 0.29) is 0 Å². The van der Waals surface area contributed by atoms with Crippen LogP contribution in [0.4, 0.5) is 0 Å². The van der Waals surface area contributed by atoms with Crippen LogP contribution in [0, 0.1) is 5.92 Å². The van der Waals surface area contributed by atoms with Gasteiger partial charge >= 0.3 is 0 Å². The highest BCUT2D eigenvalue weighted by Gasteiger charge is 2.46. The van der Waals surface area contributed by atoms with E-state index in [1.165, 1.54) is 37.8 Å². The molecule has 1 saturated carbocycles. The Balaban J connectivity index is 1.84. The van der Waals surface area contributed by atoms with Crippen LogP contribution in [0.5, 0.6) is 0 Å². The van der Waals surface area contributed by atoms with Crippen LogP contribution in [0.15, 0.2) is 24.3 Å². The van der Waals surface area contributed by atoms with Crippen LogP contribution in [0.25, 0.3) is 0 Å². The minimum atomic E-state index is 0.366. The molecule has 3 rings (SSSR count). The molecule has 1 N–H and O–H groups in total. The topological polar surface area (TPSA) is 12.0 Å². The van der Waals surface area contributed by atoms with Crippen molar-refractivity contribution in [2.75, 3.05) is 6.54 Å². The molecule has 86 valence electrons. The summed E-state index contributed by atoms with van der Waals surface area (Å²) in [5.74, 6) is 0.895. The summed E-state index contributed by atoms with van der Waals surface area (Å²) in [4.78, 5) is 0. The van der Waals surface area contributed by atoms with Crippen LogP contribution in [-0.4, -0.2) is 12.1 Å². The second-order valence-electron chi connectivity index (χ2n) is 5.23. The van der Waals surface area contributed by atoms with Gasteiger partial charge in [0.1, 0.15) is 0 Å². The van der Waals surface area contributed by atoms with E-state index in [1.54, 1.807) is 0 Å². The predicted molar refractivity (Wildman–Crippen MR) is 67.8 cm³/mol. The Hall–Kier alpha value is -0.530. The van der Waals surface area contributed by atoms with Crippen LogP contribution >= 0.6 is 11.6 Å². The Morgan fingerprint density at radius 3 is 2.75 bits per heavy atom. The smallest absolute Gasteiger partial charge is 0.0438 e. The summed E-state index contributed by atoms with van der Waals surface area (Å²) >= 11 is 6.26. The largest absolute Gasteiger partial charge is 0.311 e. The molecule has 0 spiro atoms. The first kappa shape index (κ1) is 10.6. The molecule has 1 aliphatic heterocycles. The number of rotatable bonds is 3. The minimum absolute atomic E-state index is 0.366. The Bertz CT molecular complexity index is 378. The van der Waals surface area contributed by atoms with Crippen molar-refractivity contribution in [2.24, 2.45) is 5.92 Å². The summed E-state index contributed by atoms with van der Waals surface area (Å²) in [5.41, 5.74) is 1.68. The molecule has 2 aliphatic rings. The number of hydrogen-bond acceptors (Lipinski definition) is 1. The minimum Gasteiger partial charge on any atom is -0.311 e. The number of nitrogens with one attached hydrogen (secondary N) is 1. The van der Waals surface area contributed by atoms with Gasteiger partial charge in [-0.2, -0.15) is 0 Å². The number of hydrogen-bond donors (Lipinski definition) is 1. The first-order chi connectivity index (χ1) is 7.80. The average Bonchev–Trinajstić information content (AvgIpc) is 3.05. The Kier molecular flexibility index (Phi) is 2.68. The molecular formula is C14H18ClN. The molecule has 0 amide bonds. The van der Waals surface area contributed by atoms with Crippen molar-refractivity contribution >= 4 is 11.6 Å². The molecule has 2 fully saturated rings. The third-order valence-electron chi connectivity index (χ3n) is 4.10. The summed E-state index contributed by atoms with van der Waals surface area (Å²) < 4.78 is 0. The lowest BCUT2D eigenvalue weighted by molar-refractivity contribution is 0.323. The zero-order chi connectivity index (χ0) is 11.0. The SMILES string of the molecule is Clc1ccccc1CC1(C2CC2)CCCN1. The molecular weight excluding hydrogens is 218 g/mol. The van der Waals surface area contributed by atoms with Gasteiger partial charge in [0, 0.05) is 10.6 Å². The molecule has 16 heavy (non-hydrogen) atoms. The van der Waals surface area contributed by atoms with Crippen molar-refractivity contribution in [2.45, 2.75) is 37.6 Å². The van der Waals surface area contributed by atoms with Crippen LogP contribution in [0.3, 0.4) is 0 Å². The van der Waals surface area contributed by atoms with E-state index >= 15 is 0 Å². The quantitative estimate of drug-likeness (QED) is 0.847. The van der Waals surface area contributed by atoms with Gasteiger partial charge in [0.2, 0.25) is 0 Å².